The number of alkyl halides is 3. The third-order valence-electron chi connectivity index (χ3n) is 3.84. The summed E-state index contributed by atoms with van der Waals surface area (Å²) in [5.74, 6) is -0.441. The zero-order chi connectivity index (χ0) is 16.7. The first-order valence-corrected chi connectivity index (χ1v) is 8.37. The number of halogens is 4. The maximum absolute atomic E-state index is 13.1. The lowest BCUT2D eigenvalue weighted by Gasteiger charge is -2.20. The van der Waals surface area contributed by atoms with Gasteiger partial charge in [-0.05, 0) is 24.0 Å². The molecule has 1 heterocycles. The van der Waals surface area contributed by atoms with Crippen molar-refractivity contribution in [1.29, 1.82) is 0 Å². The molecular weight excluding hydrogens is 343 g/mol. The molecule has 1 aliphatic rings. The summed E-state index contributed by atoms with van der Waals surface area (Å²) < 4.78 is 65.4. The molecule has 0 spiro atoms. The molecule has 2 rings (SSSR count). The number of sulfonamides is 1. The van der Waals surface area contributed by atoms with Crippen LogP contribution in [0.15, 0.2) is 23.1 Å². The largest absolute Gasteiger partial charge is 0.417 e. The average molecular weight is 358 g/mol. The van der Waals surface area contributed by atoms with E-state index in [2.05, 4.69) is 0 Å². The molecule has 9 heteroatoms. The molecule has 1 aromatic rings. The van der Waals surface area contributed by atoms with E-state index in [9.17, 15) is 26.7 Å². The van der Waals surface area contributed by atoms with Crippen molar-refractivity contribution in [3.8, 4) is 0 Å². The van der Waals surface area contributed by atoms with Crippen molar-refractivity contribution >= 4 is 21.6 Å². The third-order valence-corrected chi connectivity index (χ3v) is 6.20. The van der Waals surface area contributed by atoms with E-state index in [0.29, 0.717) is 6.07 Å². The summed E-state index contributed by atoms with van der Waals surface area (Å²) in [5, 5.41) is 8.74. The van der Waals surface area contributed by atoms with Crippen molar-refractivity contribution in [2.24, 2.45) is 11.8 Å². The van der Waals surface area contributed by atoms with Crippen LogP contribution in [0.1, 0.15) is 12.5 Å². The van der Waals surface area contributed by atoms with Crippen molar-refractivity contribution < 1.29 is 26.7 Å². The van der Waals surface area contributed by atoms with E-state index in [1.165, 1.54) is 0 Å². The highest BCUT2D eigenvalue weighted by Gasteiger charge is 2.43. The number of aliphatic hydroxyl groups excluding tert-OH is 1. The monoisotopic (exact) mass is 357 g/mol. The lowest BCUT2D eigenvalue weighted by molar-refractivity contribution is -0.139. The second-order valence-electron chi connectivity index (χ2n) is 5.36. The van der Waals surface area contributed by atoms with Gasteiger partial charge in [0.05, 0.1) is 10.6 Å². The van der Waals surface area contributed by atoms with Crippen molar-refractivity contribution in [3.05, 3.63) is 28.8 Å². The van der Waals surface area contributed by atoms with Crippen LogP contribution in [0.4, 0.5) is 13.2 Å². The van der Waals surface area contributed by atoms with Gasteiger partial charge in [-0.15, -0.1) is 0 Å². The molecule has 0 saturated carbocycles. The molecule has 1 N–H and O–H groups in total. The number of nitrogens with zero attached hydrogens (tertiary/aromatic N) is 1. The first-order chi connectivity index (χ1) is 10.1. The molecule has 2 atom stereocenters. The molecule has 0 aliphatic carbocycles. The zero-order valence-electron chi connectivity index (χ0n) is 11.6. The molecule has 22 heavy (non-hydrogen) atoms. The Hall–Kier alpha value is -0.830. The number of hydrogen-bond donors (Lipinski definition) is 1. The first kappa shape index (κ1) is 17.5. The van der Waals surface area contributed by atoms with Gasteiger partial charge < -0.3 is 5.11 Å². The van der Waals surface area contributed by atoms with Gasteiger partial charge in [0.2, 0.25) is 10.0 Å². The Morgan fingerprint density at radius 3 is 2.50 bits per heavy atom. The number of rotatable bonds is 3. The Kier molecular flexibility index (Phi) is 4.77. The molecule has 1 aliphatic heterocycles. The minimum absolute atomic E-state index is 0.0253. The zero-order valence-corrected chi connectivity index (χ0v) is 13.2. The minimum Gasteiger partial charge on any atom is -0.396 e. The third kappa shape index (κ3) is 3.10. The molecule has 1 fully saturated rings. The Morgan fingerprint density at radius 2 is 2.00 bits per heavy atom. The van der Waals surface area contributed by atoms with E-state index in [1.54, 1.807) is 6.92 Å². The molecule has 0 bridgehead atoms. The molecule has 1 saturated heterocycles. The van der Waals surface area contributed by atoms with Crippen LogP contribution in [0.2, 0.25) is 5.02 Å². The van der Waals surface area contributed by atoms with Gasteiger partial charge in [-0.3, -0.25) is 0 Å². The fraction of sp³-hybridized carbons (Fsp3) is 0.538. The SMILES string of the molecule is C[C@@H]1CN(S(=O)(=O)c2c(Cl)cccc2C(F)(F)F)C[C@H]1CO. The summed E-state index contributed by atoms with van der Waals surface area (Å²) in [6.07, 6.45) is -4.82. The second kappa shape index (κ2) is 5.99. The van der Waals surface area contributed by atoms with Crippen LogP contribution in [0.3, 0.4) is 0 Å². The summed E-state index contributed by atoms with van der Waals surface area (Å²) >= 11 is 5.75. The van der Waals surface area contributed by atoms with E-state index >= 15 is 0 Å². The van der Waals surface area contributed by atoms with Gasteiger partial charge in [-0.1, -0.05) is 24.6 Å². The highest BCUT2D eigenvalue weighted by atomic mass is 35.5. The van der Waals surface area contributed by atoms with E-state index in [0.717, 1.165) is 16.4 Å². The Balaban J connectivity index is 2.52. The van der Waals surface area contributed by atoms with Gasteiger partial charge in [0.15, 0.2) is 0 Å². The number of benzene rings is 1. The molecular formula is C13H15ClF3NO3S. The van der Waals surface area contributed by atoms with Gasteiger partial charge >= 0.3 is 6.18 Å². The van der Waals surface area contributed by atoms with Gasteiger partial charge in [0, 0.05) is 19.7 Å². The van der Waals surface area contributed by atoms with Crippen LogP contribution >= 0.6 is 11.6 Å². The normalized spacial score (nSPS) is 23.9. The Bertz CT molecular complexity index is 663. The molecule has 1 aromatic carbocycles. The highest BCUT2D eigenvalue weighted by molar-refractivity contribution is 7.89. The standard InChI is InChI=1S/C13H15ClF3NO3S/c1-8-5-18(6-9(8)7-19)22(20,21)12-10(13(15,16)17)3-2-4-11(12)14/h2-4,8-9,19H,5-7H2,1H3/t8-,9+/m1/s1. The van der Waals surface area contributed by atoms with Crippen LogP contribution < -0.4 is 0 Å². The Labute approximate surface area is 131 Å². The molecule has 4 nitrogen and oxygen atoms in total. The summed E-state index contributed by atoms with van der Waals surface area (Å²) in [5.41, 5.74) is -1.28. The second-order valence-corrected chi connectivity index (χ2v) is 7.64. The smallest absolute Gasteiger partial charge is 0.396 e. The van der Waals surface area contributed by atoms with Crippen LogP contribution in [0.25, 0.3) is 0 Å². The number of hydrogen-bond acceptors (Lipinski definition) is 3. The average Bonchev–Trinajstić information content (AvgIpc) is 2.79. The fourth-order valence-corrected chi connectivity index (χ4v) is 4.86. The lowest BCUT2D eigenvalue weighted by atomic mass is 10.00. The highest BCUT2D eigenvalue weighted by Crippen LogP contribution is 2.40. The molecule has 0 aromatic heterocycles. The Morgan fingerprint density at radius 1 is 1.36 bits per heavy atom. The van der Waals surface area contributed by atoms with E-state index < -0.39 is 31.7 Å². The maximum Gasteiger partial charge on any atom is 0.417 e. The van der Waals surface area contributed by atoms with Crippen LogP contribution in [0.5, 0.6) is 0 Å². The summed E-state index contributed by atoms with van der Waals surface area (Å²) in [6.45, 7) is 1.55. The van der Waals surface area contributed by atoms with Crippen LogP contribution in [-0.4, -0.2) is 37.5 Å². The van der Waals surface area contributed by atoms with Crippen molar-refractivity contribution in [3.63, 3.8) is 0 Å². The van der Waals surface area contributed by atoms with E-state index in [1.807, 2.05) is 0 Å². The molecule has 0 radical (unpaired) electrons. The molecule has 124 valence electrons. The molecule has 0 unspecified atom stereocenters. The quantitative estimate of drug-likeness (QED) is 0.904. The fourth-order valence-electron chi connectivity index (χ4n) is 2.54. The van der Waals surface area contributed by atoms with Gasteiger partial charge in [-0.2, -0.15) is 17.5 Å². The van der Waals surface area contributed by atoms with Crippen LogP contribution in [0, 0.1) is 11.8 Å². The predicted octanol–water partition coefficient (Wildman–Crippen LogP) is 2.61. The van der Waals surface area contributed by atoms with Crippen molar-refractivity contribution in [1.82, 2.24) is 4.31 Å². The van der Waals surface area contributed by atoms with Crippen LogP contribution in [-0.2, 0) is 16.2 Å². The maximum atomic E-state index is 13.1. The topological polar surface area (TPSA) is 57.6 Å². The number of aliphatic hydroxyl groups is 1. The van der Waals surface area contributed by atoms with E-state index in [4.69, 9.17) is 11.6 Å². The summed E-state index contributed by atoms with van der Waals surface area (Å²) in [7, 11) is -4.39. The predicted molar refractivity (Wildman–Crippen MR) is 75.0 cm³/mol. The summed E-state index contributed by atoms with van der Waals surface area (Å²) in [4.78, 5) is -0.921. The molecule has 0 amide bonds. The van der Waals surface area contributed by atoms with E-state index in [-0.39, 0.29) is 31.5 Å². The van der Waals surface area contributed by atoms with Gasteiger partial charge in [0.1, 0.15) is 4.90 Å². The summed E-state index contributed by atoms with van der Waals surface area (Å²) in [6, 6.07) is 2.88. The van der Waals surface area contributed by atoms with Gasteiger partial charge in [-0.25, -0.2) is 8.42 Å². The first-order valence-electron chi connectivity index (χ1n) is 6.55. The van der Waals surface area contributed by atoms with Gasteiger partial charge in [0.25, 0.3) is 0 Å². The minimum atomic E-state index is -4.82. The van der Waals surface area contributed by atoms with Crippen molar-refractivity contribution in [2.75, 3.05) is 19.7 Å². The lowest BCUT2D eigenvalue weighted by Crippen LogP contribution is -2.31. The van der Waals surface area contributed by atoms with Crippen molar-refractivity contribution in [2.45, 2.75) is 18.0 Å².